The smallest absolute Gasteiger partial charge is 0.227 e. The van der Waals surface area contributed by atoms with Crippen molar-refractivity contribution in [3.05, 3.63) is 126 Å². The number of aromatic nitrogens is 3. The van der Waals surface area contributed by atoms with Crippen LogP contribution < -0.4 is 4.74 Å². The lowest BCUT2D eigenvalue weighted by Gasteiger charge is -2.22. The van der Waals surface area contributed by atoms with E-state index >= 15 is 0 Å². The highest BCUT2D eigenvalue weighted by atomic mass is 16.5. The van der Waals surface area contributed by atoms with Crippen molar-refractivity contribution in [2.75, 3.05) is 0 Å². The van der Waals surface area contributed by atoms with E-state index in [1.54, 1.807) is 0 Å². The molecule has 4 heteroatoms. The molecule has 0 saturated carbocycles. The van der Waals surface area contributed by atoms with Crippen molar-refractivity contribution in [2.45, 2.75) is 78.6 Å². The highest BCUT2D eigenvalue weighted by Gasteiger charge is 2.22. The first-order valence-electron chi connectivity index (χ1n) is 16.9. The van der Waals surface area contributed by atoms with E-state index in [1.165, 1.54) is 27.5 Å². The molecule has 48 heavy (non-hydrogen) atoms. The molecule has 0 atom stereocenters. The van der Waals surface area contributed by atoms with Crippen molar-refractivity contribution in [3.63, 3.8) is 0 Å². The third-order valence-corrected chi connectivity index (χ3v) is 9.43. The van der Waals surface area contributed by atoms with Gasteiger partial charge in [-0.1, -0.05) is 105 Å². The molecule has 0 fully saturated rings. The predicted octanol–water partition coefficient (Wildman–Crippen LogP) is 12.1. The molecule has 0 aliphatic carbocycles. The minimum Gasteiger partial charge on any atom is -0.438 e. The second-order valence-electron chi connectivity index (χ2n) is 16.1. The molecule has 0 aliphatic rings. The van der Waals surface area contributed by atoms with Crippen LogP contribution in [0.3, 0.4) is 0 Å². The molecule has 4 aromatic carbocycles. The van der Waals surface area contributed by atoms with Crippen LogP contribution in [-0.4, -0.2) is 14.5 Å². The number of hydrogen-bond acceptors (Lipinski definition) is 3. The molecule has 0 amide bonds. The van der Waals surface area contributed by atoms with Crippen LogP contribution in [0.1, 0.15) is 79.0 Å². The molecule has 4 nitrogen and oxygen atoms in total. The van der Waals surface area contributed by atoms with Crippen LogP contribution in [0, 0.1) is 0 Å². The Bertz CT molecular complexity index is 2320. The minimum absolute atomic E-state index is 0.00372. The third-order valence-electron chi connectivity index (χ3n) is 9.43. The number of nitrogens with zero attached hydrogens (tertiary/aromatic N) is 3. The van der Waals surface area contributed by atoms with Gasteiger partial charge in [-0.25, -0.2) is 9.97 Å². The molecular weight excluding hydrogens is 587 g/mol. The lowest BCUT2D eigenvalue weighted by Crippen LogP contribution is -2.12. The molecular formula is C44H45N3O. The zero-order valence-electron chi connectivity index (χ0n) is 29.6. The summed E-state index contributed by atoms with van der Waals surface area (Å²) in [5.74, 6) is 2.31. The summed E-state index contributed by atoms with van der Waals surface area (Å²) in [5.41, 5.74) is 8.24. The van der Waals surface area contributed by atoms with Crippen LogP contribution in [-0.2, 0) is 16.2 Å². The molecule has 0 saturated heterocycles. The number of hydrogen-bond donors (Lipinski definition) is 0. The first-order chi connectivity index (χ1) is 22.7. The van der Waals surface area contributed by atoms with E-state index in [2.05, 4.69) is 151 Å². The molecule has 242 valence electrons. The molecule has 0 spiro atoms. The lowest BCUT2D eigenvalue weighted by atomic mass is 9.85. The molecule has 3 aromatic heterocycles. The van der Waals surface area contributed by atoms with Crippen LogP contribution in [0.2, 0.25) is 0 Å². The van der Waals surface area contributed by atoms with E-state index in [-0.39, 0.29) is 16.2 Å². The summed E-state index contributed by atoms with van der Waals surface area (Å²) in [6.07, 6.45) is 3.76. The van der Waals surface area contributed by atoms with Gasteiger partial charge in [0.15, 0.2) is 0 Å². The van der Waals surface area contributed by atoms with E-state index in [0.717, 1.165) is 44.5 Å². The average Bonchev–Trinajstić information content (AvgIpc) is 3.37. The number of benzene rings is 4. The molecule has 3 heterocycles. The van der Waals surface area contributed by atoms with Gasteiger partial charge in [0.05, 0.1) is 11.0 Å². The highest BCUT2D eigenvalue weighted by Crippen LogP contribution is 2.40. The summed E-state index contributed by atoms with van der Waals surface area (Å²) in [4.78, 5) is 9.56. The first kappa shape index (κ1) is 31.6. The summed E-state index contributed by atoms with van der Waals surface area (Å²) in [7, 11) is 0. The van der Waals surface area contributed by atoms with Crippen molar-refractivity contribution in [3.8, 4) is 28.6 Å². The van der Waals surface area contributed by atoms with Gasteiger partial charge in [0.25, 0.3) is 0 Å². The van der Waals surface area contributed by atoms with E-state index in [0.29, 0.717) is 5.88 Å². The Hall–Kier alpha value is -4.96. The molecule has 0 N–H and O–H groups in total. The number of ether oxygens (including phenoxy) is 1. The summed E-state index contributed by atoms with van der Waals surface area (Å²) in [6.45, 7) is 20.3. The van der Waals surface area contributed by atoms with Gasteiger partial charge in [-0.05, 0) is 104 Å². The van der Waals surface area contributed by atoms with E-state index in [9.17, 15) is 0 Å². The van der Waals surface area contributed by atoms with Crippen molar-refractivity contribution < 1.29 is 4.74 Å². The van der Waals surface area contributed by atoms with Crippen LogP contribution >= 0.6 is 0 Å². The van der Waals surface area contributed by atoms with Gasteiger partial charge in [0, 0.05) is 28.6 Å². The number of pyridine rings is 2. The Labute approximate surface area is 284 Å². The predicted molar refractivity (Wildman–Crippen MR) is 202 cm³/mol. The van der Waals surface area contributed by atoms with Crippen LogP contribution in [0.15, 0.2) is 109 Å². The number of rotatable bonds is 4. The van der Waals surface area contributed by atoms with Crippen molar-refractivity contribution >= 4 is 32.6 Å². The second kappa shape index (κ2) is 11.3. The molecule has 0 aliphatic heterocycles. The summed E-state index contributed by atoms with van der Waals surface area (Å²) in [5, 5.41) is 4.55. The Morgan fingerprint density at radius 1 is 0.500 bits per heavy atom. The van der Waals surface area contributed by atoms with Gasteiger partial charge in [-0.3, -0.25) is 4.57 Å². The largest absolute Gasteiger partial charge is 0.438 e. The Kier molecular flexibility index (Phi) is 7.47. The van der Waals surface area contributed by atoms with Gasteiger partial charge in [0.2, 0.25) is 5.88 Å². The summed E-state index contributed by atoms with van der Waals surface area (Å²) < 4.78 is 8.92. The standard InChI is InChI=1S/C44H45N3O/c1-42(2,3)31-15-17-38-37(26-31)36-16-14-29(24-39(36)47(38)40-27-32(19-21-45-40)43(4,5)6)30-22-33(44(7,8)9)25-34(23-30)48-41-35-13-11-10-12-28(35)18-20-46-41/h10-27H,1-9H3. The van der Waals surface area contributed by atoms with Crippen molar-refractivity contribution in [2.24, 2.45) is 0 Å². The Balaban J connectivity index is 1.45. The number of fused-ring (bicyclic) bond motifs is 4. The van der Waals surface area contributed by atoms with Gasteiger partial charge >= 0.3 is 0 Å². The first-order valence-corrected chi connectivity index (χ1v) is 16.9. The Morgan fingerprint density at radius 2 is 1.21 bits per heavy atom. The quantitative estimate of drug-likeness (QED) is 0.194. The maximum absolute atomic E-state index is 6.58. The van der Waals surface area contributed by atoms with E-state index in [1.807, 2.05) is 30.6 Å². The third kappa shape index (κ3) is 5.85. The SMILES string of the molecule is CC(C)(C)c1cc(Oc2nccc3ccccc23)cc(-c2ccc3c4cc(C(C)(C)C)ccc4n(-c4cc(C(C)(C)C)ccn4)c3c2)c1. The van der Waals surface area contributed by atoms with Crippen LogP contribution in [0.5, 0.6) is 11.6 Å². The molecule has 7 aromatic rings. The Morgan fingerprint density at radius 3 is 1.96 bits per heavy atom. The maximum Gasteiger partial charge on any atom is 0.227 e. The molecule has 0 unspecified atom stereocenters. The normalized spacial score (nSPS) is 12.7. The maximum atomic E-state index is 6.58. The van der Waals surface area contributed by atoms with Crippen LogP contribution in [0.25, 0.3) is 49.5 Å². The van der Waals surface area contributed by atoms with Gasteiger partial charge in [0.1, 0.15) is 11.6 Å². The average molecular weight is 632 g/mol. The summed E-state index contributed by atoms with van der Waals surface area (Å²) >= 11 is 0. The fourth-order valence-electron chi connectivity index (χ4n) is 6.46. The fourth-order valence-corrected chi connectivity index (χ4v) is 6.46. The summed E-state index contributed by atoms with van der Waals surface area (Å²) in [6, 6.07) is 34.9. The topological polar surface area (TPSA) is 39.9 Å². The van der Waals surface area contributed by atoms with Crippen molar-refractivity contribution in [1.82, 2.24) is 14.5 Å². The van der Waals surface area contributed by atoms with Gasteiger partial charge < -0.3 is 4.74 Å². The lowest BCUT2D eigenvalue weighted by molar-refractivity contribution is 0.466. The minimum atomic E-state index is -0.0834. The molecule has 0 radical (unpaired) electrons. The van der Waals surface area contributed by atoms with Crippen molar-refractivity contribution in [1.29, 1.82) is 0 Å². The van der Waals surface area contributed by atoms with E-state index in [4.69, 9.17) is 9.72 Å². The zero-order chi connectivity index (χ0) is 34.0. The molecule has 0 bridgehead atoms. The second-order valence-corrected chi connectivity index (χ2v) is 16.1. The van der Waals surface area contributed by atoms with Gasteiger partial charge in [-0.15, -0.1) is 0 Å². The van der Waals surface area contributed by atoms with E-state index < -0.39 is 0 Å². The zero-order valence-corrected chi connectivity index (χ0v) is 29.6. The monoisotopic (exact) mass is 631 g/mol. The van der Waals surface area contributed by atoms with Crippen LogP contribution in [0.4, 0.5) is 0 Å². The highest BCUT2D eigenvalue weighted by molar-refractivity contribution is 6.10. The molecule has 7 rings (SSSR count). The van der Waals surface area contributed by atoms with Gasteiger partial charge in [-0.2, -0.15) is 0 Å². The fraction of sp³-hybridized carbons (Fsp3) is 0.273.